The number of likely N-dealkylation sites (tertiary alicyclic amines) is 1. The molecular formula is C14H31N5O2S. The zero-order chi connectivity index (χ0) is 16.4. The minimum absolute atomic E-state index is 0.107. The molecule has 22 heavy (non-hydrogen) atoms. The van der Waals surface area contributed by atoms with Crippen molar-refractivity contribution < 1.29 is 8.42 Å². The van der Waals surface area contributed by atoms with Crippen molar-refractivity contribution in [2.24, 2.45) is 4.99 Å². The Hall–Kier alpha value is -0.860. The molecule has 0 aliphatic carbocycles. The third-order valence-corrected chi connectivity index (χ3v) is 5.23. The van der Waals surface area contributed by atoms with Gasteiger partial charge in [-0.3, -0.25) is 9.89 Å². The predicted octanol–water partition coefficient (Wildman–Crippen LogP) is -0.0349. The molecule has 0 bridgehead atoms. The van der Waals surface area contributed by atoms with Crippen LogP contribution in [0.2, 0.25) is 0 Å². The molecule has 0 spiro atoms. The lowest BCUT2D eigenvalue weighted by Crippen LogP contribution is -2.42. The Labute approximate surface area is 135 Å². The third kappa shape index (κ3) is 6.93. The van der Waals surface area contributed by atoms with Crippen LogP contribution in [0.3, 0.4) is 0 Å². The van der Waals surface area contributed by atoms with Crippen LogP contribution in [-0.2, 0) is 10.0 Å². The minimum Gasteiger partial charge on any atom is -0.357 e. The van der Waals surface area contributed by atoms with E-state index >= 15 is 0 Å². The summed E-state index contributed by atoms with van der Waals surface area (Å²) >= 11 is 0. The van der Waals surface area contributed by atoms with Crippen LogP contribution in [0.5, 0.6) is 0 Å². The highest BCUT2D eigenvalue weighted by Crippen LogP contribution is 2.16. The van der Waals surface area contributed by atoms with E-state index in [1.165, 1.54) is 19.4 Å². The number of nitrogens with one attached hydrogen (secondary N) is 3. The summed E-state index contributed by atoms with van der Waals surface area (Å²) in [6.07, 6.45) is 2.45. The maximum atomic E-state index is 11.3. The molecule has 1 heterocycles. The summed E-state index contributed by atoms with van der Waals surface area (Å²) in [4.78, 5) is 7.08. The molecule has 0 radical (unpaired) electrons. The van der Waals surface area contributed by atoms with Crippen LogP contribution in [-0.4, -0.2) is 70.3 Å². The fraction of sp³-hybridized carbons (Fsp3) is 0.929. The Morgan fingerprint density at radius 3 is 2.64 bits per heavy atom. The second-order valence-corrected chi connectivity index (χ2v) is 7.46. The summed E-state index contributed by atoms with van der Waals surface area (Å²) in [5.74, 6) is 0.858. The van der Waals surface area contributed by atoms with Gasteiger partial charge in [-0.15, -0.1) is 0 Å². The van der Waals surface area contributed by atoms with Gasteiger partial charge in [0.1, 0.15) is 0 Å². The maximum absolute atomic E-state index is 11.3. The largest absolute Gasteiger partial charge is 0.357 e. The van der Waals surface area contributed by atoms with Crippen molar-refractivity contribution in [3.8, 4) is 0 Å². The lowest BCUT2D eigenvalue weighted by Gasteiger charge is -2.21. The van der Waals surface area contributed by atoms with Gasteiger partial charge in [-0.25, -0.2) is 13.1 Å². The Balaban J connectivity index is 2.39. The Morgan fingerprint density at radius 1 is 1.23 bits per heavy atom. The molecule has 0 aromatic carbocycles. The molecule has 1 rings (SSSR count). The Morgan fingerprint density at radius 2 is 2.00 bits per heavy atom. The van der Waals surface area contributed by atoms with Gasteiger partial charge in [0.05, 0.1) is 12.3 Å². The van der Waals surface area contributed by atoms with E-state index < -0.39 is 10.0 Å². The molecule has 130 valence electrons. The SMILES string of the molecule is CCNC(=NCC1CCCN1CC)NCCNS(=O)(=O)CC. The molecule has 7 nitrogen and oxygen atoms in total. The maximum Gasteiger partial charge on any atom is 0.211 e. The summed E-state index contributed by atoms with van der Waals surface area (Å²) < 4.78 is 25.2. The van der Waals surface area contributed by atoms with Gasteiger partial charge in [-0.05, 0) is 39.8 Å². The number of hydrogen-bond acceptors (Lipinski definition) is 4. The monoisotopic (exact) mass is 333 g/mol. The second-order valence-electron chi connectivity index (χ2n) is 5.37. The van der Waals surface area contributed by atoms with E-state index in [-0.39, 0.29) is 5.75 Å². The van der Waals surface area contributed by atoms with E-state index in [4.69, 9.17) is 0 Å². The van der Waals surface area contributed by atoms with E-state index in [1.807, 2.05) is 6.92 Å². The molecule has 1 saturated heterocycles. The molecule has 0 saturated carbocycles. The van der Waals surface area contributed by atoms with E-state index in [0.717, 1.165) is 25.6 Å². The van der Waals surface area contributed by atoms with Crippen molar-refractivity contribution >= 4 is 16.0 Å². The smallest absolute Gasteiger partial charge is 0.211 e. The van der Waals surface area contributed by atoms with E-state index in [9.17, 15) is 8.42 Å². The number of sulfonamides is 1. The first kappa shape index (κ1) is 19.2. The van der Waals surface area contributed by atoms with E-state index in [2.05, 4.69) is 32.2 Å². The van der Waals surface area contributed by atoms with Gasteiger partial charge in [0.2, 0.25) is 10.0 Å². The van der Waals surface area contributed by atoms with Crippen LogP contribution < -0.4 is 15.4 Å². The van der Waals surface area contributed by atoms with Gasteiger partial charge in [0.25, 0.3) is 0 Å². The molecule has 1 fully saturated rings. The highest BCUT2D eigenvalue weighted by Gasteiger charge is 2.22. The molecular weight excluding hydrogens is 302 g/mol. The molecule has 1 atom stereocenters. The average Bonchev–Trinajstić information content (AvgIpc) is 2.96. The van der Waals surface area contributed by atoms with Crippen molar-refractivity contribution in [3.05, 3.63) is 0 Å². The van der Waals surface area contributed by atoms with Crippen molar-refractivity contribution in [2.45, 2.75) is 39.7 Å². The zero-order valence-corrected chi connectivity index (χ0v) is 14.9. The van der Waals surface area contributed by atoms with Crippen LogP contribution in [0.25, 0.3) is 0 Å². The van der Waals surface area contributed by atoms with Crippen LogP contribution in [0.15, 0.2) is 4.99 Å². The summed E-state index contributed by atoms with van der Waals surface area (Å²) in [6, 6.07) is 0.527. The average molecular weight is 334 g/mol. The van der Waals surface area contributed by atoms with Crippen LogP contribution in [0.4, 0.5) is 0 Å². The van der Waals surface area contributed by atoms with Crippen LogP contribution in [0, 0.1) is 0 Å². The molecule has 1 unspecified atom stereocenters. The van der Waals surface area contributed by atoms with Gasteiger partial charge in [0.15, 0.2) is 5.96 Å². The molecule has 8 heteroatoms. The number of hydrogen-bond donors (Lipinski definition) is 3. The number of aliphatic imine (C=N–C) groups is 1. The standard InChI is InChI=1S/C14H31N5O2S/c1-4-15-14(16-9-10-18-22(20,21)6-3)17-12-13-8-7-11-19(13)5-2/h13,18H,4-12H2,1-3H3,(H2,15,16,17). The summed E-state index contributed by atoms with van der Waals surface area (Å²) in [5.41, 5.74) is 0. The Bertz CT molecular complexity index is 439. The first-order valence-corrected chi connectivity index (χ1v) is 9.91. The van der Waals surface area contributed by atoms with Crippen molar-refractivity contribution in [1.82, 2.24) is 20.3 Å². The zero-order valence-electron chi connectivity index (χ0n) is 14.1. The minimum atomic E-state index is -3.12. The first-order valence-electron chi connectivity index (χ1n) is 8.26. The summed E-state index contributed by atoms with van der Waals surface area (Å²) in [5, 5.41) is 6.36. The van der Waals surface area contributed by atoms with Crippen LogP contribution >= 0.6 is 0 Å². The van der Waals surface area contributed by atoms with Gasteiger partial charge < -0.3 is 10.6 Å². The normalized spacial score (nSPS) is 20.3. The van der Waals surface area contributed by atoms with Crippen LogP contribution in [0.1, 0.15) is 33.6 Å². The summed E-state index contributed by atoms with van der Waals surface area (Å²) in [6.45, 7) is 10.5. The predicted molar refractivity (Wildman–Crippen MR) is 91.7 cm³/mol. The fourth-order valence-corrected chi connectivity index (χ4v) is 3.16. The fourth-order valence-electron chi connectivity index (χ4n) is 2.55. The lowest BCUT2D eigenvalue weighted by molar-refractivity contribution is 0.273. The molecule has 3 N–H and O–H groups in total. The van der Waals surface area contributed by atoms with Gasteiger partial charge in [-0.2, -0.15) is 0 Å². The van der Waals surface area contributed by atoms with Gasteiger partial charge in [0, 0.05) is 25.7 Å². The first-order chi connectivity index (χ1) is 10.5. The number of rotatable bonds is 9. The van der Waals surface area contributed by atoms with E-state index in [0.29, 0.717) is 19.1 Å². The lowest BCUT2D eigenvalue weighted by atomic mass is 10.2. The topological polar surface area (TPSA) is 85.8 Å². The van der Waals surface area contributed by atoms with Gasteiger partial charge in [-0.1, -0.05) is 6.92 Å². The van der Waals surface area contributed by atoms with Gasteiger partial charge >= 0.3 is 0 Å². The third-order valence-electron chi connectivity index (χ3n) is 3.83. The number of guanidine groups is 1. The molecule has 1 aliphatic rings. The van der Waals surface area contributed by atoms with E-state index in [1.54, 1.807) is 6.92 Å². The molecule has 0 aromatic rings. The molecule has 0 aromatic heterocycles. The highest BCUT2D eigenvalue weighted by atomic mass is 32.2. The summed E-state index contributed by atoms with van der Waals surface area (Å²) in [7, 11) is -3.12. The van der Waals surface area contributed by atoms with Crippen molar-refractivity contribution in [2.75, 3.05) is 45.0 Å². The van der Waals surface area contributed by atoms with Crippen molar-refractivity contribution in [1.29, 1.82) is 0 Å². The number of likely N-dealkylation sites (N-methyl/N-ethyl adjacent to an activating group) is 1. The Kier molecular flexibility index (Phi) is 8.74. The number of nitrogens with zero attached hydrogens (tertiary/aromatic N) is 2. The van der Waals surface area contributed by atoms with Crippen molar-refractivity contribution in [3.63, 3.8) is 0 Å². The highest BCUT2D eigenvalue weighted by molar-refractivity contribution is 7.89. The molecule has 1 aliphatic heterocycles. The second kappa shape index (κ2) is 10.0. The molecule has 0 amide bonds. The quantitative estimate of drug-likeness (QED) is 0.313.